The SMILES string of the molecule is COc1cc(F)cc([B]OC(C)(C)C(C)(C)O)c1. The van der Waals surface area contributed by atoms with Gasteiger partial charge in [0.2, 0.25) is 0 Å². The maximum absolute atomic E-state index is 13.3. The van der Waals surface area contributed by atoms with Crippen LogP contribution in [0.5, 0.6) is 5.75 Å². The molecule has 18 heavy (non-hydrogen) atoms. The fourth-order valence-electron chi connectivity index (χ4n) is 1.13. The van der Waals surface area contributed by atoms with Crippen LogP contribution < -0.4 is 10.2 Å². The third-order valence-corrected chi connectivity index (χ3v) is 3.09. The van der Waals surface area contributed by atoms with Gasteiger partial charge < -0.3 is 14.5 Å². The first-order valence-electron chi connectivity index (χ1n) is 5.74. The summed E-state index contributed by atoms with van der Waals surface area (Å²) in [5.41, 5.74) is -1.25. The minimum atomic E-state index is -1.01. The Balaban J connectivity index is 2.78. The topological polar surface area (TPSA) is 38.7 Å². The molecule has 0 spiro atoms. The zero-order chi connectivity index (χ0) is 14.0. The van der Waals surface area contributed by atoms with Crippen molar-refractivity contribution < 1.29 is 18.9 Å². The van der Waals surface area contributed by atoms with Gasteiger partial charge in [-0.25, -0.2) is 4.39 Å². The first-order valence-corrected chi connectivity index (χ1v) is 5.74. The average molecular weight is 253 g/mol. The molecule has 1 radical (unpaired) electrons. The van der Waals surface area contributed by atoms with Crippen LogP contribution in [0, 0.1) is 5.82 Å². The molecule has 0 aliphatic heterocycles. The van der Waals surface area contributed by atoms with E-state index >= 15 is 0 Å². The molecule has 99 valence electrons. The van der Waals surface area contributed by atoms with E-state index in [0.717, 1.165) is 0 Å². The normalized spacial score (nSPS) is 12.4. The Hall–Kier alpha value is -1.07. The molecule has 0 aromatic heterocycles. The molecule has 3 nitrogen and oxygen atoms in total. The van der Waals surface area contributed by atoms with Crippen molar-refractivity contribution in [2.45, 2.75) is 38.9 Å². The summed E-state index contributed by atoms with van der Waals surface area (Å²) in [6, 6.07) is 4.28. The van der Waals surface area contributed by atoms with Crippen LogP contribution in [0.4, 0.5) is 4.39 Å². The zero-order valence-corrected chi connectivity index (χ0v) is 11.5. The minimum Gasteiger partial charge on any atom is -0.497 e. The van der Waals surface area contributed by atoms with Crippen LogP contribution in [0.1, 0.15) is 27.7 Å². The molecule has 0 bridgehead atoms. The van der Waals surface area contributed by atoms with Crippen LogP contribution in [0.3, 0.4) is 0 Å². The molecule has 0 unspecified atom stereocenters. The van der Waals surface area contributed by atoms with Crippen molar-refractivity contribution in [2.75, 3.05) is 7.11 Å². The molecule has 5 heteroatoms. The molecule has 0 aliphatic carbocycles. The summed E-state index contributed by atoms with van der Waals surface area (Å²) in [5.74, 6) is 0.0242. The predicted octanol–water partition coefficient (Wildman–Crippen LogP) is 1.64. The quantitative estimate of drug-likeness (QED) is 0.811. The maximum Gasteiger partial charge on any atom is 0.331 e. The van der Waals surface area contributed by atoms with E-state index in [1.807, 2.05) is 0 Å². The first-order chi connectivity index (χ1) is 8.15. The fourth-order valence-corrected chi connectivity index (χ4v) is 1.13. The third-order valence-electron chi connectivity index (χ3n) is 3.09. The molecule has 1 rings (SSSR count). The lowest BCUT2D eigenvalue weighted by atomic mass is 9.82. The highest BCUT2D eigenvalue weighted by Crippen LogP contribution is 2.24. The van der Waals surface area contributed by atoms with Gasteiger partial charge in [-0.1, -0.05) is 0 Å². The van der Waals surface area contributed by atoms with Gasteiger partial charge in [0.25, 0.3) is 0 Å². The summed E-state index contributed by atoms with van der Waals surface area (Å²) in [6.07, 6.45) is 0. The van der Waals surface area contributed by atoms with Gasteiger partial charge in [-0.15, -0.1) is 0 Å². The summed E-state index contributed by atoms with van der Waals surface area (Å²) < 4.78 is 23.8. The van der Waals surface area contributed by atoms with Crippen LogP contribution in [0.15, 0.2) is 18.2 Å². The van der Waals surface area contributed by atoms with E-state index in [9.17, 15) is 9.50 Å². The van der Waals surface area contributed by atoms with E-state index in [-0.39, 0.29) is 0 Å². The molecule has 1 aromatic rings. The van der Waals surface area contributed by atoms with Crippen molar-refractivity contribution in [2.24, 2.45) is 0 Å². The van der Waals surface area contributed by atoms with Crippen molar-refractivity contribution in [3.63, 3.8) is 0 Å². The number of methoxy groups -OCH3 is 1. The molecular weight excluding hydrogens is 234 g/mol. The molecule has 0 saturated heterocycles. The van der Waals surface area contributed by atoms with E-state index in [4.69, 9.17) is 9.39 Å². The van der Waals surface area contributed by atoms with Gasteiger partial charge in [-0.05, 0) is 45.3 Å². The predicted molar refractivity (Wildman–Crippen MR) is 69.8 cm³/mol. The van der Waals surface area contributed by atoms with Gasteiger partial charge in [-0.3, -0.25) is 0 Å². The number of halogens is 1. The Morgan fingerprint density at radius 1 is 1.17 bits per heavy atom. The van der Waals surface area contributed by atoms with E-state index in [2.05, 4.69) is 0 Å². The van der Waals surface area contributed by atoms with E-state index in [1.54, 1.807) is 33.8 Å². The number of hydrogen-bond acceptors (Lipinski definition) is 3. The van der Waals surface area contributed by atoms with Crippen LogP contribution in [-0.4, -0.2) is 30.9 Å². The lowest BCUT2D eigenvalue weighted by molar-refractivity contribution is -0.0893. The molecule has 1 N–H and O–H groups in total. The molecule has 0 amide bonds. The lowest BCUT2D eigenvalue weighted by Crippen LogP contribution is -2.49. The highest BCUT2D eigenvalue weighted by atomic mass is 19.1. The summed E-state index contributed by atoms with van der Waals surface area (Å²) in [6.45, 7) is 6.85. The number of rotatable bonds is 5. The smallest absolute Gasteiger partial charge is 0.331 e. The monoisotopic (exact) mass is 253 g/mol. The molecule has 0 atom stereocenters. The summed E-state index contributed by atoms with van der Waals surface area (Å²) in [7, 11) is 2.89. The molecular formula is C13H19BFO3. The van der Waals surface area contributed by atoms with Crippen LogP contribution in [0.25, 0.3) is 0 Å². The molecule has 0 heterocycles. The standard InChI is InChI=1S/C13H19BFO3/c1-12(2,16)13(3,4)18-14-9-6-10(15)8-11(7-9)17-5/h6-8,16H,1-5H3. The van der Waals surface area contributed by atoms with Gasteiger partial charge in [0, 0.05) is 6.07 Å². The Kier molecular flexibility index (Phi) is 4.40. The van der Waals surface area contributed by atoms with Gasteiger partial charge in [0.1, 0.15) is 11.6 Å². The van der Waals surface area contributed by atoms with Gasteiger partial charge in [0.05, 0.1) is 18.3 Å². The zero-order valence-electron chi connectivity index (χ0n) is 11.5. The maximum atomic E-state index is 13.3. The van der Waals surface area contributed by atoms with Gasteiger partial charge in [-0.2, -0.15) is 0 Å². The number of hydrogen-bond donors (Lipinski definition) is 1. The van der Waals surface area contributed by atoms with E-state index in [0.29, 0.717) is 11.2 Å². The van der Waals surface area contributed by atoms with Crippen molar-refractivity contribution in [1.29, 1.82) is 0 Å². The number of ether oxygens (including phenoxy) is 1. The molecule has 0 fully saturated rings. The van der Waals surface area contributed by atoms with Crippen molar-refractivity contribution >= 4 is 12.9 Å². The third kappa shape index (κ3) is 3.72. The second-order valence-electron chi connectivity index (χ2n) is 5.23. The van der Waals surface area contributed by atoms with E-state index < -0.39 is 17.0 Å². The second-order valence-corrected chi connectivity index (χ2v) is 5.23. The summed E-state index contributed by atoms with van der Waals surface area (Å²) in [5, 5.41) is 9.94. The fraction of sp³-hybridized carbons (Fsp3) is 0.538. The molecule has 1 aromatic carbocycles. The van der Waals surface area contributed by atoms with Crippen LogP contribution in [-0.2, 0) is 4.65 Å². The first kappa shape index (κ1) is 15.0. The van der Waals surface area contributed by atoms with Gasteiger partial charge >= 0.3 is 7.48 Å². The highest BCUT2D eigenvalue weighted by molar-refractivity contribution is 6.47. The Morgan fingerprint density at radius 3 is 2.28 bits per heavy atom. The van der Waals surface area contributed by atoms with E-state index in [1.165, 1.54) is 26.7 Å². The number of benzene rings is 1. The van der Waals surface area contributed by atoms with Gasteiger partial charge in [0.15, 0.2) is 0 Å². The average Bonchev–Trinajstić information content (AvgIpc) is 2.24. The lowest BCUT2D eigenvalue weighted by Gasteiger charge is -2.37. The second kappa shape index (κ2) is 5.28. The van der Waals surface area contributed by atoms with Crippen LogP contribution in [0.2, 0.25) is 0 Å². The van der Waals surface area contributed by atoms with Crippen molar-refractivity contribution in [3.05, 3.63) is 24.0 Å². The van der Waals surface area contributed by atoms with Crippen molar-refractivity contribution in [1.82, 2.24) is 0 Å². The summed E-state index contributed by atoms with van der Waals surface area (Å²) in [4.78, 5) is 0. The molecule has 0 saturated carbocycles. The minimum absolute atomic E-state index is 0.398. The Bertz CT molecular complexity index is 413. The summed E-state index contributed by atoms with van der Waals surface area (Å²) >= 11 is 0. The Labute approximate surface area is 108 Å². The number of aliphatic hydroxyl groups is 1. The Morgan fingerprint density at radius 2 is 1.78 bits per heavy atom. The highest BCUT2D eigenvalue weighted by Gasteiger charge is 2.35. The molecule has 0 aliphatic rings. The largest absolute Gasteiger partial charge is 0.497 e. The van der Waals surface area contributed by atoms with Crippen LogP contribution >= 0.6 is 0 Å². The van der Waals surface area contributed by atoms with Crippen molar-refractivity contribution in [3.8, 4) is 5.75 Å².